The molecule has 0 aliphatic carbocycles. The second-order valence-electron chi connectivity index (χ2n) is 7.03. The van der Waals surface area contributed by atoms with Gasteiger partial charge in [-0.2, -0.15) is 0 Å². The highest BCUT2D eigenvalue weighted by Gasteiger charge is 2.31. The normalized spacial score (nSPS) is 12.5. The van der Waals surface area contributed by atoms with Crippen molar-refractivity contribution in [2.24, 2.45) is 0 Å². The van der Waals surface area contributed by atoms with Gasteiger partial charge in [-0.3, -0.25) is 10.1 Å². The number of aromatic nitrogens is 2. The van der Waals surface area contributed by atoms with Crippen LogP contribution in [-0.4, -0.2) is 28.0 Å². The molecular formula is C22H23N5O3. The zero-order chi connectivity index (χ0) is 20.9. The summed E-state index contributed by atoms with van der Waals surface area (Å²) < 4.78 is 5.67. The molecule has 1 aliphatic rings. The first-order valence-corrected chi connectivity index (χ1v) is 10.0. The lowest BCUT2D eigenvalue weighted by Crippen LogP contribution is -2.17. The average Bonchev–Trinajstić information content (AvgIpc) is 3.19. The van der Waals surface area contributed by atoms with E-state index >= 15 is 0 Å². The van der Waals surface area contributed by atoms with Crippen molar-refractivity contribution >= 4 is 28.7 Å². The predicted octanol–water partition coefficient (Wildman–Crippen LogP) is 5.00. The smallest absolute Gasteiger partial charge is 0.354 e. The minimum absolute atomic E-state index is 0.141. The van der Waals surface area contributed by atoms with Crippen molar-refractivity contribution in [1.29, 1.82) is 0 Å². The first kappa shape index (κ1) is 19.6. The van der Waals surface area contributed by atoms with Gasteiger partial charge in [-0.25, -0.2) is 9.97 Å². The van der Waals surface area contributed by atoms with Crippen molar-refractivity contribution in [2.75, 3.05) is 23.4 Å². The lowest BCUT2D eigenvalue weighted by Gasteiger charge is -2.19. The number of nitrogens with one attached hydrogen (secondary N) is 1. The molecule has 0 fully saturated rings. The zero-order valence-corrected chi connectivity index (χ0v) is 16.7. The lowest BCUT2D eigenvalue weighted by molar-refractivity contribution is -0.383. The highest BCUT2D eigenvalue weighted by atomic mass is 16.6. The molecule has 4 rings (SSSR count). The van der Waals surface area contributed by atoms with E-state index in [0.717, 1.165) is 36.3 Å². The summed E-state index contributed by atoms with van der Waals surface area (Å²) in [6, 6.07) is 15.2. The molecule has 8 nitrogen and oxygen atoms in total. The largest absolute Gasteiger partial charge is 0.494 e. The number of unbranched alkanes of at least 4 members (excludes halogenated alkanes) is 1. The number of fused-ring (bicyclic) bond motifs is 1. The summed E-state index contributed by atoms with van der Waals surface area (Å²) in [7, 11) is 0. The van der Waals surface area contributed by atoms with E-state index in [4.69, 9.17) is 4.74 Å². The second kappa shape index (κ2) is 8.77. The fourth-order valence-electron chi connectivity index (χ4n) is 3.49. The Kier molecular flexibility index (Phi) is 5.74. The first-order chi connectivity index (χ1) is 14.7. The molecule has 154 valence electrons. The van der Waals surface area contributed by atoms with Gasteiger partial charge in [0.2, 0.25) is 11.6 Å². The van der Waals surface area contributed by atoms with E-state index in [1.807, 2.05) is 53.4 Å². The summed E-state index contributed by atoms with van der Waals surface area (Å²) in [4.78, 5) is 21.8. The van der Waals surface area contributed by atoms with Crippen LogP contribution in [0.5, 0.6) is 5.75 Å². The molecule has 0 amide bonds. The fraction of sp³-hybridized carbons (Fsp3) is 0.273. The zero-order valence-electron chi connectivity index (χ0n) is 16.7. The van der Waals surface area contributed by atoms with E-state index in [1.54, 1.807) is 0 Å². The number of ether oxygens (including phenoxy) is 1. The molecule has 2 heterocycles. The molecule has 2 aromatic carbocycles. The Bertz CT molecular complexity index is 1040. The molecule has 30 heavy (non-hydrogen) atoms. The molecule has 0 atom stereocenters. The molecule has 8 heteroatoms. The number of nitro groups is 1. The highest BCUT2D eigenvalue weighted by Crippen LogP contribution is 2.40. The van der Waals surface area contributed by atoms with Crippen LogP contribution in [-0.2, 0) is 6.42 Å². The molecule has 0 saturated carbocycles. The fourth-order valence-corrected chi connectivity index (χ4v) is 3.49. The van der Waals surface area contributed by atoms with Crippen LogP contribution < -0.4 is 15.0 Å². The van der Waals surface area contributed by atoms with Gasteiger partial charge < -0.3 is 15.0 Å². The molecule has 0 unspecified atom stereocenters. The molecule has 0 saturated heterocycles. The maximum absolute atomic E-state index is 11.9. The monoisotopic (exact) mass is 405 g/mol. The van der Waals surface area contributed by atoms with Gasteiger partial charge >= 0.3 is 5.69 Å². The number of nitrogens with zero attached hydrogens (tertiary/aromatic N) is 4. The van der Waals surface area contributed by atoms with Crippen molar-refractivity contribution in [3.63, 3.8) is 0 Å². The first-order valence-electron chi connectivity index (χ1n) is 10.0. The summed E-state index contributed by atoms with van der Waals surface area (Å²) in [5.74, 6) is 1.22. The third-order valence-corrected chi connectivity index (χ3v) is 5.01. The number of para-hydroxylation sites is 1. The molecule has 0 spiro atoms. The van der Waals surface area contributed by atoms with Crippen LogP contribution in [0.3, 0.4) is 0 Å². The van der Waals surface area contributed by atoms with Crippen molar-refractivity contribution in [3.8, 4) is 5.75 Å². The standard InChI is InChI=1S/C22H23N5O3/c1-2-3-14-30-18-10-8-17(9-11-18)25-21-20(27(28)29)22(24-15-23-21)26-13-12-16-6-4-5-7-19(16)26/h4-11,15H,2-3,12-14H2,1H3,(H,23,24,25). The molecule has 0 bridgehead atoms. The van der Waals surface area contributed by atoms with E-state index in [-0.39, 0.29) is 11.5 Å². The summed E-state index contributed by atoms with van der Waals surface area (Å²) in [5, 5.41) is 15.0. The van der Waals surface area contributed by atoms with Gasteiger partial charge in [0.1, 0.15) is 12.1 Å². The van der Waals surface area contributed by atoms with Crippen molar-refractivity contribution < 1.29 is 9.66 Å². The molecule has 0 radical (unpaired) electrons. The topological polar surface area (TPSA) is 93.4 Å². The number of hydrogen-bond donors (Lipinski definition) is 1. The van der Waals surface area contributed by atoms with Crippen LogP contribution in [0, 0.1) is 10.1 Å². The van der Waals surface area contributed by atoms with E-state index in [9.17, 15) is 10.1 Å². The van der Waals surface area contributed by atoms with Gasteiger partial charge in [0.15, 0.2) is 0 Å². The predicted molar refractivity (Wildman–Crippen MR) is 116 cm³/mol. The van der Waals surface area contributed by atoms with Gasteiger partial charge in [0.25, 0.3) is 0 Å². The Morgan fingerprint density at radius 3 is 2.73 bits per heavy atom. The summed E-state index contributed by atoms with van der Waals surface area (Å²) in [6.45, 7) is 3.42. The molecule has 1 aromatic heterocycles. The minimum Gasteiger partial charge on any atom is -0.494 e. The van der Waals surface area contributed by atoms with E-state index < -0.39 is 4.92 Å². The lowest BCUT2D eigenvalue weighted by atomic mass is 10.2. The quantitative estimate of drug-likeness (QED) is 0.320. The average molecular weight is 405 g/mol. The highest BCUT2D eigenvalue weighted by molar-refractivity contribution is 5.80. The third kappa shape index (κ3) is 4.03. The summed E-state index contributed by atoms with van der Waals surface area (Å²) in [5.41, 5.74) is 2.64. The van der Waals surface area contributed by atoms with Crippen molar-refractivity contribution in [2.45, 2.75) is 26.2 Å². The van der Waals surface area contributed by atoms with Crippen LogP contribution in [0.15, 0.2) is 54.9 Å². The Balaban J connectivity index is 1.60. The molecular weight excluding hydrogens is 382 g/mol. The van der Waals surface area contributed by atoms with Gasteiger partial charge in [-0.15, -0.1) is 0 Å². The van der Waals surface area contributed by atoms with Crippen LogP contribution >= 0.6 is 0 Å². The Morgan fingerprint density at radius 1 is 1.17 bits per heavy atom. The molecule has 1 aliphatic heterocycles. The Labute approximate surface area is 174 Å². The molecule has 3 aromatic rings. The number of anilines is 4. The number of rotatable bonds is 8. The van der Waals surface area contributed by atoms with Gasteiger partial charge in [-0.1, -0.05) is 31.5 Å². The van der Waals surface area contributed by atoms with Crippen LogP contribution in [0.4, 0.5) is 28.7 Å². The number of hydrogen-bond acceptors (Lipinski definition) is 7. The van der Waals surface area contributed by atoms with Gasteiger partial charge in [0.05, 0.1) is 11.5 Å². The van der Waals surface area contributed by atoms with Gasteiger partial charge in [0, 0.05) is 17.9 Å². The van der Waals surface area contributed by atoms with E-state index in [1.165, 1.54) is 6.33 Å². The van der Waals surface area contributed by atoms with E-state index in [0.29, 0.717) is 24.7 Å². The van der Waals surface area contributed by atoms with Crippen LogP contribution in [0.25, 0.3) is 0 Å². The Hall–Kier alpha value is -3.68. The van der Waals surface area contributed by atoms with Crippen molar-refractivity contribution in [3.05, 3.63) is 70.5 Å². The van der Waals surface area contributed by atoms with Crippen LogP contribution in [0.2, 0.25) is 0 Å². The Morgan fingerprint density at radius 2 is 1.97 bits per heavy atom. The van der Waals surface area contributed by atoms with Gasteiger partial charge in [-0.05, 0) is 48.7 Å². The van der Waals surface area contributed by atoms with E-state index in [2.05, 4.69) is 22.2 Å². The third-order valence-electron chi connectivity index (χ3n) is 5.01. The summed E-state index contributed by atoms with van der Waals surface area (Å²) in [6.07, 6.45) is 4.24. The number of benzene rings is 2. The maximum Gasteiger partial charge on any atom is 0.354 e. The summed E-state index contributed by atoms with van der Waals surface area (Å²) >= 11 is 0. The maximum atomic E-state index is 11.9. The molecule has 1 N–H and O–H groups in total. The van der Waals surface area contributed by atoms with Crippen LogP contribution in [0.1, 0.15) is 25.3 Å². The minimum atomic E-state index is -0.430. The SMILES string of the molecule is CCCCOc1ccc(Nc2ncnc(N3CCc4ccccc43)c2[N+](=O)[O-])cc1. The second-order valence-corrected chi connectivity index (χ2v) is 7.03. The van der Waals surface area contributed by atoms with Crippen molar-refractivity contribution in [1.82, 2.24) is 9.97 Å².